The highest BCUT2D eigenvalue weighted by molar-refractivity contribution is 5.87. The van der Waals surface area contributed by atoms with E-state index in [1.165, 1.54) is 6.07 Å². The van der Waals surface area contributed by atoms with Crippen LogP contribution in [0, 0.1) is 5.82 Å². The summed E-state index contributed by atoms with van der Waals surface area (Å²) < 4.78 is 32.0. The van der Waals surface area contributed by atoms with Crippen LogP contribution in [0.1, 0.15) is 43.4 Å². The van der Waals surface area contributed by atoms with E-state index in [-0.39, 0.29) is 18.0 Å². The van der Waals surface area contributed by atoms with E-state index in [0.29, 0.717) is 13.1 Å². The van der Waals surface area contributed by atoms with Gasteiger partial charge in [0.05, 0.1) is 31.9 Å². The Bertz CT molecular complexity index is 1500. The number of halogens is 1. The van der Waals surface area contributed by atoms with Crippen LogP contribution in [0.3, 0.4) is 0 Å². The Morgan fingerprint density at radius 1 is 1.00 bits per heavy atom. The van der Waals surface area contributed by atoms with E-state index in [0.717, 1.165) is 76.9 Å². The van der Waals surface area contributed by atoms with Crippen LogP contribution in [-0.2, 0) is 6.54 Å². The average molecular weight is 530 g/mol. The second-order valence-electron chi connectivity index (χ2n) is 10.1. The van der Waals surface area contributed by atoms with E-state index >= 15 is 0 Å². The van der Waals surface area contributed by atoms with Crippen molar-refractivity contribution in [1.29, 1.82) is 0 Å². The number of nitrogens with zero attached hydrogens (tertiary/aromatic N) is 5. The molecule has 6 rings (SSSR count). The molecule has 0 unspecified atom stereocenters. The molecule has 2 bridgehead atoms. The van der Waals surface area contributed by atoms with Crippen molar-refractivity contribution in [2.75, 3.05) is 37.1 Å². The van der Waals surface area contributed by atoms with Crippen LogP contribution in [0.4, 0.5) is 16.0 Å². The predicted molar refractivity (Wildman–Crippen MR) is 148 cm³/mol. The van der Waals surface area contributed by atoms with E-state index in [1.54, 1.807) is 32.7 Å². The molecule has 2 atom stereocenters. The van der Waals surface area contributed by atoms with Crippen molar-refractivity contribution in [2.45, 2.75) is 44.9 Å². The molecule has 2 aliphatic rings. The number of benzene rings is 2. The maximum atomic E-state index is 14.5. The molecule has 0 N–H and O–H groups in total. The Morgan fingerprint density at radius 3 is 2.74 bits per heavy atom. The fourth-order valence-corrected chi connectivity index (χ4v) is 5.62. The second kappa shape index (κ2) is 10.6. The number of methoxy groups -OCH3 is 2. The lowest BCUT2D eigenvalue weighted by Crippen LogP contribution is -2.29. The first-order chi connectivity index (χ1) is 19.0. The van der Waals surface area contributed by atoms with Gasteiger partial charge < -0.3 is 24.0 Å². The summed E-state index contributed by atoms with van der Waals surface area (Å²) in [7, 11) is 3.30. The Kier molecular flexibility index (Phi) is 6.81. The van der Waals surface area contributed by atoms with Gasteiger partial charge in [0.1, 0.15) is 40.7 Å². The summed E-state index contributed by atoms with van der Waals surface area (Å²) in [5.41, 5.74) is 3.38. The minimum atomic E-state index is -0.261. The van der Waals surface area contributed by atoms with Gasteiger partial charge >= 0.3 is 0 Å². The van der Waals surface area contributed by atoms with Gasteiger partial charge in [-0.3, -0.25) is 0 Å². The molecule has 39 heavy (non-hydrogen) atoms. The van der Waals surface area contributed by atoms with Gasteiger partial charge in [0.2, 0.25) is 0 Å². The van der Waals surface area contributed by atoms with Crippen molar-refractivity contribution < 1.29 is 18.6 Å². The number of rotatable bonds is 4. The summed E-state index contributed by atoms with van der Waals surface area (Å²) in [6.45, 7) is 4.08. The summed E-state index contributed by atoms with van der Waals surface area (Å²) in [4.78, 5) is 18.8. The molecule has 4 aromatic rings. The number of fused-ring (bicyclic) bond motifs is 5. The lowest BCUT2D eigenvalue weighted by molar-refractivity contribution is 0.209. The molecule has 9 heteroatoms. The zero-order valence-corrected chi connectivity index (χ0v) is 22.4. The quantitative estimate of drug-likeness (QED) is 0.333. The van der Waals surface area contributed by atoms with E-state index in [9.17, 15) is 4.39 Å². The van der Waals surface area contributed by atoms with Gasteiger partial charge in [0, 0.05) is 43.2 Å². The molecule has 0 aliphatic carbocycles. The number of ether oxygens (including phenoxy) is 3. The summed E-state index contributed by atoms with van der Waals surface area (Å²) in [6, 6.07) is 14.6. The molecule has 2 aliphatic heterocycles. The average Bonchev–Trinajstić information content (AvgIpc) is 3.45. The molecular formula is C30H32FN5O3. The van der Waals surface area contributed by atoms with Gasteiger partial charge in [0.15, 0.2) is 5.82 Å². The van der Waals surface area contributed by atoms with E-state index in [1.807, 2.05) is 30.3 Å². The minimum Gasteiger partial charge on any atom is -0.497 e. The predicted octanol–water partition coefficient (Wildman–Crippen LogP) is 5.70. The number of hydrogen-bond donors (Lipinski definition) is 0. The summed E-state index contributed by atoms with van der Waals surface area (Å²) in [5, 5.41) is 0. The Hall–Kier alpha value is -4.14. The summed E-state index contributed by atoms with van der Waals surface area (Å²) in [5.74, 6) is 3.52. The SMILES string of the molecule is COc1ccc(CN2CC[C@@H](C)Oc3ccc(F)cc3[C@H]3CCCN3c3ccc4ncnc2c4n3)c(OC)c1. The van der Waals surface area contributed by atoms with Gasteiger partial charge in [-0.2, -0.15) is 0 Å². The van der Waals surface area contributed by atoms with E-state index in [2.05, 4.69) is 21.7 Å². The minimum absolute atomic E-state index is 0.0265. The molecule has 2 aromatic carbocycles. The largest absolute Gasteiger partial charge is 0.497 e. The van der Waals surface area contributed by atoms with Crippen LogP contribution in [0.5, 0.6) is 17.2 Å². The highest BCUT2D eigenvalue weighted by Crippen LogP contribution is 2.41. The number of anilines is 2. The molecule has 202 valence electrons. The summed E-state index contributed by atoms with van der Waals surface area (Å²) >= 11 is 0. The van der Waals surface area contributed by atoms with Crippen LogP contribution in [0.2, 0.25) is 0 Å². The molecule has 0 saturated carbocycles. The van der Waals surface area contributed by atoms with Crippen LogP contribution in [0.25, 0.3) is 11.0 Å². The van der Waals surface area contributed by atoms with Crippen molar-refractivity contribution in [3.8, 4) is 17.2 Å². The first kappa shape index (κ1) is 25.2. The second-order valence-corrected chi connectivity index (χ2v) is 10.1. The van der Waals surface area contributed by atoms with Crippen molar-refractivity contribution >= 4 is 22.7 Å². The Labute approximate surface area is 227 Å². The fraction of sp³-hybridized carbons (Fsp3) is 0.367. The van der Waals surface area contributed by atoms with Crippen LogP contribution in [0.15, 0.2) is 54.9 Å². The maximum absolute atomic E-state index is 14.5. The van der Waals surface area contributed by atoms with Crippen LogP contribution in [-0.4, -0.2) is 48.4 Å². The normalized spacial score (nSPS) is 19.0. The standard InChI is InChI=1S/C30H32FN5O3/c1-19-12-14-35(17-20-6-8-22(37-2)16-27(20)38-3)30-29-24(32-18-33-30)9-11-28(34-29)36-13-4-5-25(36)23-15-21(31)7-10-26(23)39-19/h6-11,15-16,18-19,25H,4-5,12-14,17H2,1-3H3/t19-,25-/m1/s1. The van der Waals surface area contributed by atoms with Crippen molar-refractivity contribution in [2.24, 2.45) is 0 Å². The molecule has 1 fully saturated rings. The summed E-state index contributed by atoms with van der Waals surface area (Å²) in [6.07, 6.45) is 4.08. The lowest BCUT2D eigenvalue weighted by Gasteiger charge is -2.28. The van der Waals surface area contributed by atoms with Gasteiger partial charge in [-0.05, 0) is 62.2 Å². The maximum Gasteiger partial charge on any atom is 0.159 e. The third-order valence-corrected chi connectivity index (χ3v) is 7.61. The molecule has 4 heterocycles. The molecule has 0 radical (unpaired) electrons. The number of aromatic nitrogens is 3. The highest BCUT2D eigenvalue weighted by atomic mass is 19.1. The van der Waals surface area contributed by atoms with Crippen LogP contribution < -0.4 is 24.0 Å². The molecule has 0 amide bonds. The Balaban J connectivity index is 1.48. The topological polar surface area (TPSA) is 72.8 Å². The number of pyridine rings is 1. The molecular weight excluding hydrogens is 497 g/mol. The van der Waals surface area contributed by atoms with Crippen LogP contribution >= 0.6 is 0 Å². The van der Waals surface area contributed by atoms with Gasteiger partial charge in [-0.25, -0.2) is 19.3 Å². The van der Waals surface area contributed by atoms with E-state index < -0.39 is 0 Å². The first-order valence-corrected chi connectivity index (χ1v) is 13.3. The fourth-order valence-electron chi connectivity index (χ4n) is 5.62. The van der Waals surface area contributed by atoms with Crippen molar-refractivity contribution in [3.05, 3.63) is 71.8 Å². The highest BCUT2D eigenvalue weighted by Gasteiger charge is 2.31. The zero-order valence-electron chi connectivity index (χ0n) is 22.4. The van der Waals surface area contributed by atoms with Crippen molar-refractivity contribution in [1.82, 2.24) is 15.0 Å². The lowest BCUT2D eigenvalue weighted by atomic mass is 10.0. The van der Waals surface area contributed by atoms with Gasteiger partial charge in [-0.1, -0.05) is 0 Å². The third kappa shape index (κ3) is 4.89. The van der Waals surface area contributed by atoms with Gasteiger partial charge in [0.25, 0.3) is 0 Å². The third-order valence-electron chi connectivity index (χ3n) is 7.61. The smallest absolute Gasteiger partial charge is 0.159 e. The number of hydrogen-bond acceptors (Lipinski definition) is 8. The molecule has 1 saturated heterocycles. The van der Waals surface area contributed by atoms with Gasteiger partial charge in [-0.15, -0.1) is 0 Å². The zero-order chi connectivity index (χ0) is 26.9. The van der Waals surface area contributed by atoms with E-state index in [4.69, 9.17) is 24.2 Å². The molecule has 2 aromatic heterocycles. The molecule has 8 nitrogen and oxygen atoms in total. The monoisotopic (exact) mass is 529 g/mol. The van der Waals surface area contributed by atoms with Crippen molar-refractivity contribution in [3.63, 3.8) is 0 Å². The first-order valence-electron chi connectivity index (χ1n) is 13.3. The Morgan fingerprint density at radius 2 is 1.90 bits per heavy atom. The molecule has 0 spiro atoms.